The second-order valence-electron chi connectivity index (χ2n) is 3.93. The van der Waals surface area contributed by atoms with Gasteiger partial charge in [0.1, 0.15) is 6.61 Å². The number of rotatable bonds is 7. The van der Waals surface area contributed by atoms with E-state index in [1.54, 1.807) is 24.6 Å². The lowest BCUT2D eigenvalue weighted by Gasteiger charge is -2.06. The first-order valence-corrected chi connectivity index (χ1v) is 6.82. The summed E-state index contributed by atoms with van der Waals surface area (Å²) in [5.74, 6) is 0.608. The molecule has 0 unspecified atom stereocenters. The van der Waals surface area contributed by atoms with Gasteiger partial charge in [0, 0.05) is 24.3 Å². The van der Waals surface area contributed by atoms with Gasteiger partial charge in [0.25, 0.3) is 0 Å². The van der Waals surface area contributed by atoms with Crippen LogP contribution in [0.4, 0.5) is 5.69 Å². The third-order valence-electron chi connectivity index (χ3n) is 2.41. The standard InChI is InChI=1S/C13H17N3O2S/c1-10-14-8-12(19-10)9-15-11-3-4-13(16-7-11)18-6-5-17-2/h3-4,7-8,15H,5-6,9H2,1-2H3. The van der Waals surface area contributed by atoms with Gasteiger partial charge in [-0.3, -0.25) is 0 Å². The summed E-state index contributed by atoms with van der Waals surface area (Å²) in [5.41, 5.74) is 0.963. The third kappa shape index (κ3) is 4.50. The van der Waals surface area contributed by atoms with Gasteiger partial charge in [-0.1, -0.05) is 0 Å². The molecule has 0 saturated carbocycles. The van der Waals surface area contributed by atoms with Crippen LogP contribution in [0, 0.1) is 6.92 Å². The fourth-order valence-corrected chi connectivity index (χ4v) is 2.21. The van der Waals surface area contributed by atoms with E-state index in [4.69, 9.17) is 9.47 Å². The number of aryl methyl sites for hydroxylation is 1. The second kappa shape index (κ2) is 7.06. The molecule has 0 amide bonds. The van der Waals surface area contributed by atoms with E-state index < -0.39 is 0 Å². The molecule has 0 aliphatic heterocycles. The quantitative estimate of drug-likeness (QED) is 0.789. The van der Waals surface area contributed by atoms with Crippen molar-refractivity contribution in [1.29, 1.82) is 0 Å². The zero-order valence-corrected chi connectivity index (χ0v) is 11.9. The number of nitrogens with one attached hydrogen (secondary N) is 1. The average molecular weight is 279 g/mol. The van der Waals surface area contributed by atoms with E-state index in [-0.39, 0.29) is 0 Å². The SMILES string of the molecule is COCCOc1ccc(NCc2cnc(C)s2)cn1. The Morgan fingerprint density at radius 2 is 2.11 bits per heavy atom. The number of anilines is 1. The van der Waals surface area contributed by atoms with Crippen molar-refractivity contribution in [3.63, 3.8) is 0 Å². The van der Waals surface area contributed by atoms with Gasteiger partial charge in [-0.05, 0) is 13.0 Å². The number of aromatic nitrogens is 2. The number of nitrogens with zero attached hydrogens (tertiary/aromatic N) is 2. The van der Waals surface area contributed by atoms with Crippen LogP contribution in [0.5, 0.6) is 5.88 Å². The maximum absolute atomic E-state index is 5.40. The Balaban J connectivity index is 1.81. The first-order valence-electron chi connectivity index (χ1n) is 6.01. The molecule has 5 nitrogen and oxygen atoms in total. The Labute approximate surface area is 116 Å². The molecule has 0 aromatic carbocycles. The Kier molecular flexibility index (Phi) is 5.11. The van der Waals surface area contributed by atoms with Crippen molar-refractivity contribution in [3.8, 4) is 5.88 Å². The number of methoxy groups -OCH3 is 1. The monoisotopic (exact) mass is 279 g/mol. The van der Waals surface area contributed by atoms with E-state index in [2.05, 4.69) is 15.3 Å². The summed E-state index contributed by atoms with van der Waals surface area (Å²) in [5, 5.41) is 4.38. The number of ether oxygens (including phenoxy) is 2. The summed E-state index contributed by atoms with van der Waals surface area (Å²) in [6.45, 7) is 3.84. The highest BCUT2D eigenvalue weighted by Gasteiger charge is 2.00. The van der Waals surface area contributed by atoms with Crippen molar-refractivity contribution < 1.29 is 9.47 Å². The number of hydrogen-bond acceptors (Lipinski definition) is 6. The predicted molar refractivity (Wildman–Crippen MR) is 75.8 cm³/mol. The largest absolute Gasteiger partial charge is 0.475 e. The summed E-state index contributed by atoms with van der Waals surface area (Å²) >= 11 is 1.69. The molecule has 0 radical (unpaired) electrons. The Bertz CT molecular complexity index is 499. The Morgan fingerprint density at radius 1 is 1.21 bits per heavy atom. The molecule has 6 heteroatoms. The minimum atomic E-state index is 0.510. The minimum Gasteiger partial charge on any atom is -0.475 e. The molecule has 2 aromatic rings. The summed E-state index contributed by atoms with van der Waals surface area (Å²) in [7, 11) is 1.64. The highest BCUT2D eigenvalue weighted by Crippen LogP contribution is 2.15. The molecule has 1 N–H and O–H groups in total. The molecule has 102 valence electrons. The van der Waals surface area contributed by atoms with Gasteiger partial charge in [-0.25, -0.2) is 9.97 Å². The fraction of sp³-hybridized carbons (Fsp3) is 0.385. The van der Waals surface area contributed by atoms with Crippen molar-refractivity contribution >= 4 is 17.0 Å². The van der Waals surface area contributed by atoms with Crippen molar-refractivity contribution in [2.75, 3.05) is 25.6 Å². The molecule has 0 bridgehead atoms. The molecule has 19 heavy (non-hydrogen) atoms. The molecular weight excluding hydrogens is 262 g/mol. The van der Waals surface area contributed by atoms with Gasteiger partial charge in [-0.15, -0.1) is 11.3 Å². The summed E-state index contributed by atoms with van der Waals surface area (Å²) < 4.78 is 10.3. The van der Waals surface area contributed by atoms with Gasteiger partial charge in [0.05, 0.1) is 30.0 Å². The third-order valence-corrected chi connectivity index (χ3v) is 3.32. The maximum atomic E-state index is 5.40. The molecule has 0 spiro atoms. The predicted octanol–water partition coefficient (Wildman–Crippen LogP) is 2.48. The van der Waals surface area contributed by atoms with E-state index in [1.807, 2.05) is 25.3 Å². The molecular formula is C13H17N3O2S. The fourth-order valence-electron chi connectivity index (χ4n) is 1.48. The number of pyridine rings is 1. The second-order valence-corrected chi connectivity index (χ2v) is 5.24. The van der Waals surface area contributed by atoms with Crippen molar-refractivity contribution in [2.45, 2.75) is 13.5 Å². The molecule has 0 saturated heterocycles. The molecule has 0 fully saturated rings. The van der Waals surface area contributed by atoms with Crippen molar-refractivity contribution in [2.24, 2.45) is 0 Å². The lowest BCUT2D eigenvalue weighted by molar-refractivity contribution is 0.144. The van der Waals surface area contributed by atoms with E-state index >= 15 is 0 Å². The zero-order valence-electron chi connectivity index (χ0n) is 11.0. The number of hydrogen-bond donors (Lipinski definition) is 1. The molecule has 0 aliphatic rings. The number of thiazole rings is 1. The minimum absolute atomic E-state index is 0.510. The van der Waals surface area contributed by atoms with Gasteiger partial charge in [0.2, 0.25) is 5.88 Å². The van der Waals surface area contributed by atoms with Crippen LogP contribution in [-0.2, 0) is 11.3 Å². The lowest BCUT2D eigenvalue weighted by atomic mass is 10.4. The molecule has 0 atom stereocenters. The van der Waals surface area contributed by atoms with E-state index in [0.717, 1.165) is 17.2 Å². The van der Waals surface area contributed by atoms with Crippen LogP contribution >= 0.6 is 11.3 Å². The maximum Gasteiger partial charge on any atom is 0.213 e. The summed E-state index contributed by atoms with van der Waals surface area (Å²) in [6.07, 6.45) is 3.65. The van der Waals surface area contributed by atoms with E-state index in [0.29, 0.717) is 19.1 Å². The van der Waals surface area contributed by atoms with E-state index in [9.17, 15) is 0 Å². The average Bonchev–Trinajstić information content (AvgIpc) is 2.84. The molecule has 2 rings (SSSR count). The van der Waals surface area contributed by atoms with Crippen LogP contribution in [0.25, 0.3) is 0 Å². The van der Waals surface area contributed by atoms with Crippen molar-refractivity contribution in [3.05, 3.63) is 34.4 Å². The highest BCUT2D eigenvalue weighted by molar-refractivity contribution is 7.11. The van der Waals surface area contributed by atoms with Crippen LogP contribution in [0.2, 0.25) is 0 Å². The van der Waals surface area contributed by atoms with Crippen LogP contribution in [0.1, 0.15) is 9.88 Å². The lowest BCUT2D eigenvalue weighted by Crippen LogP contribution is -2.05. The molecule has 2 aromatic heterocycles. The summed E-state index contributed by atoms with van der Waals surface area (Å²) in [4.78, 5) is 9.64. The highest BCUT2D eigenvalue weighted by atomic mass is 32.1. The normalized spacial score (nSPS) is 10.4. The van der Waals surface area contributed by atoms with Crippen LogP contribution in [0.15, 0.2) is 24.5 Å². The van der Waals surface area contributed by atoms with Crippen LogP contribution < -0.4 is 10.1 Å². The van der Waals surface area contributed by atoms with E-state index in [1.165, 1.54) is 4.88 Å². The summed E-state index contributed by atoms with van der Waals surface area (Å²) in [6, 6.07) is 3.79. The van der Waals surface area contributed by atoms with Crippen molar-refractivity contribution in [1.82, 2.24) is 9.97 Å². The Morgan fingerprint density at radius 3 is 2.74 bits per heavy atom. The van der Waals surface area contributed by atoms with Gasteiger partial charge in [0.15, 0.2) is 0 Å². The molecule has 2 heterocycles. The van der Waals surface area contributed by atoms with Gasteiger partial charge in [-0.2, -0.15) is 0 Å². The zero-order chi connectivity index (χ0) is 13.5. The van der Waals surface area contributed by atoms with Gasteiger partial charge >= 0.3 is 0 Å². The van der Waals surface area contributed by atoms with Crippen LogP contribution in [-0.4, -0.2) is 30.3 Å². The topological polar surface area (TPSA) is 56.3 Å². The van der Waals surface area contributed by atoms with Crippen LogP contribution in [0.3, 0.4) is 0 Å². The smallest absolute Gasteiger partial charge is 0.213 e. The molecule has 0 aliphatic carbocycles. The van der Waals surface area contributed by atoms with Gasteiger partial charge < -0.3 is 14.8 Å². The first-order chi connectivity index (χ1) is 9.28. The Hall–Kier alpha value is -1.66. The first kappa shape index (κ1) is 13.8.